The van der Waals surface area contributed by atoms with Gasteiger partial charge in [0.25, 0.3) is 0 Å². The number of hydrogen-bond donors (Lipinski definition) is 2. The van der Waals surface area contributed by atoms with Crippen LogP contribution in [0.4, 0.5) is 5.69 Å². The van der Waals surface area contributed by atoms with Crippen LogP contribution >= 0.6 is 11.5 Å². The average molecular weight is 263 g/mol. The summed E-state index contributed by atoms with van der Waals surface area (Å²) in [4.78, 5) is 12.0. The molecule has 0 radical (unpaired) electrons. The third kappa shape index (κ3) is 2.84. The van der Waals surface area contributed by atoms with Crippen molar-refractivity contribution in [2.75, 3.05) is 5.32 Å². The van der Waals surface area contributed by atoms with E-state index >= 15 is 0 Å². The Hall–Kier alpha value is -1.95. The summed E-state index contributed by atoms with van der Waals surface area (Å²) in [5, 5.41) is 16.1. The van der Waals surface area contributed by atoms with Gasteiger partial charge in [-0.2, -0.15) is 0 Å². The zero-order valence-electron chi connectivity index (χ0n) is 10.1. The minimum absolute atomic E-state index is 0.289. The number of nitrogens with zero attached hydrogens (tertiary/aromatic N) is 2. The lowest BCUT2D eigenvalue weighted by atomic mass is 10.1. The van der Waals surface area contributed by atoms with E-state index in [1.165, 1.54) is 11.5 Å². The average Bonchev–Trinajstić information content (AvgIpc) is 2.71. The van der Waals surface area contributed by atoms with E-state index < -0.39 is 5.97 Å². The molecule has 0 atom stereocenters. The molecule has 0 unspecified atom stereocenters. The fourth-order valence-electron chi connectivity index (χ4n) is 1.60. The van der Waals surface area contributed by atoms with Gasteiger partial charge in [0.05, 0.1) is 22.7 Å². The monoisotopic (exact) mass is 263 g/mol. The topological polar surface area (TPSA) is 75.1 Å². The molecule has 1 aromatic heterocycles. The summed E-state index contributed by atoms with van der Waals surface area (Å²) in [5.74, 6) is -0.919. The van der Waals surface area contributed by atoms with Crippen LogP contribution in [0, 0.1) is 13.8 Å². The van der Waals surface area contributed by atoms with Gasteiger partial charge in [-0.05, 0) is 49.1 Å². The Morgan fingerprint density at radius 3 is 2.78 bits per heavy atom. The lowest BCUT2D eigenvalue weighted by Gasteiger charge is -2.07. The minimum Gasteiger partial charge on any atom is -0.478 e. The second-order valence-electron chi connectivity index (χ2n) is 4.03. The van der Waals surface area contributed by atoms with Crippen LogP contribution in [-0.4, -0.2) is 20.7 Å². The molecule has 5 nitrogen and oxygen atoms in total. The highest BCUT2D eigenvalue weighted by Crippen LogP contribution is 2.17. The van der Waals surface area contributed by atoms with Crippen LogP contribution in [0.2, 0.25) is 0 Å². The third-order valence-corrected chi connectivity index (χ3v) is 3.35. The summed E-state index contributed by atoms with van der Waals surface area (Å²) < 4.78 is 3.85. The molecule has 0 bridgehead atoms. The standard InChI is InChI=1S/C12H13N3O2S/c1-7-3-9(12(16)17)5-10(4-7)13-6-11-8(2)14-15-18-11/h3-5,13H,6H2,1-2H3,(H,16,17). The van der Waals surface area contributed by atoms with E-state index in [2.05, 4.69) is 14.9 Å². The summed E-state index contributed by atoms with van der Waals surface area (Å²) in [6.45, 7) is 4.38. The van der Waals surface area contributed by atoms with Crippen molar-refractivity contribution in [1.82, 2.24) is 9.59 Å². The lowest BCUT2D eigenvalue weighted by molar-refractivity contribution is 0.0697. The molecule has 94 valence electrons. The van der Waals surface area contributed by atoms with Gasteiger partial charge in [-0.25, -0.2) is 4.79 Å². The van der Waals surface area contributed by atoms with Crippen molar-refractivity contribution in [3.05, 3.63) is 39.9 Å². The largest absolute Gasteiger partial charge is 0.478 e. The number of hydrogen-bond acceptors (Lipinski definition) is 5. The number of anilines is 1. The van der Waals surface area contributed by atoms with E-state index in [-0.39, 0.29) is 5.56 Å². The first kappa shape index (κ1) is 12.5. The summed E-state index contributed by atoms with van der Waals surface area (Å²) in [6, 6.07) is 5.18. The quantitative estimate of drug-likeness (QED) is 0.886. The van der Waals surface area contributed by atoms with Crippen molar-refractivity contribution >= 4 is 23.2 Å². The highest BCUT2D eigenvalue weighted by atomic mass is 32.1. The Morgan fingerprint density at radius 1 is 1.39 bits per heavy atom. The molecule has 6 heteroatoms. The third-order valence-electron chi connectivity index (χ3n) is 2.52. The molecule has 2 N–H and O–H groups in total. The predicted molar refractivity (Wildman–Crippen MR) is 70.1 cm³/mol. The Morgan fingerprint density at radius 2 is 2.17 bits per heavy atom. The molecule has 18 heavy (non-hydrogen) atoms. The van der Waals surface area contributed by atoms with E-state index in [1.807, 2.05) is 19.9 Å². The second-order valence-corrected chi connectivity index (χ2v) is 4.87. The van der Waals surface area contributed by atoms with Gasteiger partial charge < -0.3 is 10.4 Å². The molecule has 2 rings (SSSR count). The molecule has 0 saturated heterocycles. The van der Waals surface area contributed by atoms with Gasteiger partial charge in [0.2, 0.25) is 0 Å². The Labute approximate surface area is 109 Å². The Kier molecular flexibility index (Phi) is 3.57. The van der Waals surface area contributed by atoms with Gasteiger partial charge in [0.1, 0.15) is 0 Å². The number of carboxylic acids is 1. The second kappa shape index (κ2) is 5.14. The molecule has 1 aromatic carbocycles. The van der Waals surface area contributed by atoms with Crippen LogP contribution in [0.15, 0.2) is 18.2 Å². The van der Waals surface area contributed by atoms with E-state index in [1.54, 1.807) is 12.1 Å². The van der Waals surface area contributed by atoms with Crippen molar-refractivity contribution in [2.24, 2.45) is 0 Å². The van der Waals surface area contributed by atoms with Crippen molar-refractivity contribution in [3.8, 4) is 0 Å². The van der Waals surface area contributed by atoms with Gasteiger partial charge >= 0.3 is 5.97 Å². The zero-order chi connectivity index (χ0) is 13.1. The van der Waals surface area contributed by atoms with Gasteiger partial charge in [-0.15, -0.1) is 5.10 Å². The fourth-order valence-corrected chi connectivity index (χ4v) is 2.18. The summed E-state index contributed by atoms with van der Waals surface area (Å²) in [5.41, 5.74) is 2.90. The van der Waals surface area contributed by atoms with E-state index in [0.717, 1.165) is 21.8 Å². The van der Waals surface area contributed by atoms with Crippen molar-refractivity contribution in [2.45, 2.75) is 20.4 Å². The number of aryl methyl sites for hydroxylation is 2. The van der Waals surface area contributed by atoms with Gasteiger partial charge in [0, 0.05) is 5.69 Å². The Bertz CT molecular complexity index is 580. The van der Waals surface area contributed by atoms with Crippen LogP contribution in [0.3, 0.4) is 0 Å². The molecule has 2 aromatic rings. The molecular formula is C12H13N3O2S. The maximum Gasteiger partial charge on any atom is 0.335 e. The first-order valence-corrected chi connectivity index (χ1v) is 6.20. The molecule has 0 fully saturated rings. The zero-order valence-corrected chi connectivity index (χ0v) is 10.9. The number of aromatic carboxylic acids is 1. The lowest BCUT2D eigenvalue weighted by Crippen LogP contribution is -2.02. The summed E-state index contributed by atoms with van der Waals surface area (Å²) in [7, 11) is 0. The highest BCUT2D eigenvalue weighted by molar-refractivity contribution is 7.05. The normalized spacial score (nSPS) is 10.3. The van der Waals surface area contributed by atoms with E-state index in [0.29, 0.717) is 6.54 Å². The maximum absolute atomic E-state index is 10.9. The van der Waals surface area contributed by atoms with Gasteiger partial charge in [0.15, 0.2) is 0 Å². The maximum atomic E-state index is 10.9. The first-order valence-electron chi connectivity index (χ1n) is 5.43. The van der Waals surface area contributed by atoms with Crippen molar-refractivity contribution in [1.29, 1.82) is 0 Å². The predicted octanol–water partition coefficient (Wildman–Crippen LogP) is 2.47. The van der Waals surface area contributed by atoms with E-state index in [4.69, 9.17) is 5.11 Å². The number of rotatable bonds is 4. The first-order chi connectivity index (χ1) is 8.56. The summed E-state index contributed by atoms with van der Waals surface area (Å²) in [6.07, 6.45) is 0. The smallest absolute Gasteiger partial charge is 0.335 e. The highest BCUT2D eigenvalue weighted by Gasteiger charge is 2.07. The van der Waals surface area contributed by atoms with Crippen LogP contribution in [0.5, 0.6) is 0 Å². The molecular weight excluding hydrogens is 250 g/mol. The molecule has 1 heterocycles. The molecule has 0 aliphatic carbocycles. The minimum atomic E-state index is -0.919. The van der Waals surface area contributed by atoms with Crippen molar-refractivity contribution in [3.63, 3.8) is 0 Å². The van der Waals surface area contributed by atoms with E-state index in [9.17, 15) is 4.79 Å². The van der Waals surface area contributed by atoms with Crippen LogP contribution in [-0.2, 0) is 6.54 Å². The molecule has 0 amide bonds. The van der Waals surface area contributed by atoms with Crippen LogP contribution in [0.25, 0.3) is 0 Å². The van der Waals surface area contributed by atoms with Crippen LogP contribution < -0.4 is 5.32 Å². The SMILES string of the molecule is Cc1cc(NCc2snnc2C)cc(C(=O)O)c1. The van der Waals surface area contributed by atoms with Gasteiger partial charge in [-0.1, -0.05) is 4.49 Å². The van der Waals surface area contributed by atoms with Crippen LogP contribution in [0.1, 0.15) is 26.5 Å². The number of carboxylic acid groups (broad SMARTS) is 1. The summed E-state index contributed by atoms with van der Waals surface area (Å²) >= 11 is 1.34. The van der Waals surface area contributed by atoms with Gasteiger partial charge in [-0.3, -0.25) is 0 Å². The molecule has 0 aliphatic heterocycles. The molecule has 0 saturated carbocycles. The van der Waals surface area contributed by atoms with Crippen molar-refractivity contribution < 1.29 is 9.90 Å². The number of benzene rings is 1. The number of nitrogens with one attached hydrogen (secondary N) is 1. The molecule has 0 spiro atoms. The number of carbonyl (C=O) groups is 1. The number of aromatic nitrogens is 2. The molecule has 0 aliphatic rings. The Balaban J connectivity index is 2.14. The fraction of sp³-hybridized carbons (Fsp3) is 0.250.